The van der Waals surface area contributed by atoms with Gasteiger partial charge in [0.1, 0.15) is 0 Å². The highest BCUT2D eigenvalue weighted by Gasteiger charge is 2.45. The van der Waals surface area contributed by atoms with Crippen molar-refractivity contribution in [3.05, 3.63) is 30.1 Å². The van der Waals surface area contributed by atoms with Crippen LogP contribution in [0.3, 0.4) is 0 Å². The Labute approximate surface area is 84.8 Å². The molecule has 2 rings (SSSR count). The molecule has 1 heterocycles. The molecule has 14 heavy (non-hydrogen) atoms. The average Bonchev–Trinajstić information content (AvgIpc) is 2.97. The molecule has 5 heteroatoms. The molecule has 1 aromatic rings. The molecule has 1 fully saturated rings. The number of hydrogen-bond donors (Lipinski definition) is 1. The fourth-order valence-electron chi connectivity index (χ4n) is 1.51. The molecule has 1 saturated carbocycles. The van der Waals surface area contributed by atoms with Crippen LogP contribution in [-0.4, -0.2) is 20.4 Å². The lowest BCUT2D eigenvalue weighted by Gasteiger charge is -2.12. The Morgan fingerprint density at radius 3 is 2.93 bits per heavy atom. The third-order valence-corrected chi connectivity index (χ3v) is 2.88. The van der Waals surface area contributed by atoms with E-state index in [1.807, 2.05) is 12.1 Å². The van der Waals surface area contributed by atoms with Gasteiger partial charge >= 0.3 is 11.4 Å². The standard InChI is InChI=1S/C9H11NO3S/c11-14(12)13-7-9(3-4-9)8-2-1-5-10-6-8/h1-2,5-6H,3-4,7H2,(H,11,12). The van der Waals surface area contributed by atoms with Gasteiger partial charge in [-0.05, 0) is 24.5 Å². The van der Waals surface area contributed by atoms with Gasteiger partial charge in [0.25, 0.3) is 0 Å². The molecule has 0 aromatic carbocycles. The number of hydrogen-bond acceptors (Lipinski definition) is 3. The average molecular weight is 213 g/mol. The summed E-state index contributed by atoms with van der Waals surface area (Å²) >= 11 is -2.17. The van der Waals surface area contributed by atoms with E-state index in [4.69, 9.17) is 8.74 Å². The van der Waals surface area contributed by atoms with Gasteiger partial charge in [0, 0.05) is 17.8 Å². The van der Waals surface area contributed by atoms with E-state index in [1.54, 1.807) is 12.4 Å². The molecular weight excluding hydrogens is 202 g/mol. The molecule has 1 N–H and O–H groups in total. The van der Waals surface area contributed by atoms with Crippen molar-refractivity contribution in [3.63, 3.8) is 0 Å². The van der Waals surface area contributed by atoms with Crippen LogP contribution in [0, 0.1) is 0 Å². The number of nitrogens with zero attached hydrogens (tertiary/aromatic N) is 1. The van der Waals surface area contributed by atoms with Crippen molar-refractivity contribution in [3.8, 4) is 0 Å². The van der Waals surface area contributed by atoms with Crippen molar-refractivity contribution >= 4 is 11.4 Å². The van der Waals surface area contributed by atoms with Gasteiger partial charge in [-0.25, -0.2) is 0 Å². The molecule has 1 aromatic heterocycles. The van der Waals surface area contributed by atoms with Crippen LogP contribution in [0.25, 0.3) is 0 Å². The zero-order valence-electron chi connectivity index (χ0n) is 7.55. The second-order valence-corrected chi connectivity index (χ2v) is 4.17. The van der Waals surface area contributed by atoms with E-state index in [-0.39, 0.29) is 5.41 Å². The first-order chi connectivity index (χ1) is 6.73. The predicted molar refractivity (Wildman–Crippen MR) is 51.9 cm³/mol. The molecule has 1 aliphatic carbocycles. The van der Waals surface area contributed by atoms with E-state index in [1.165, 1.54) is 0 Å². The molecule has 0 bridgehead atoms. The lowest BCUT2D eigenvalue weighted by atomic mass is 9.99. The third kappa shape index (κ3) is 2.00. The highest BCUT2D eigenvalue weighted by atomic mass is 32.2. The van der Waals surface area contributed by atoms with Crippen LogP contribution < -0.4 is 0 Å². The molecule has 0 spiro atoms. The van der Waals surface area contributed by atoms with Gasteiger partial charge in [-0.2, -0.15) is 4.21 Å². The van der Waals surface area contributed by atoms with Crippen LogP contribution in [0.5, 0.6) is 0 Å². The largest absolute Gasteiger partial charge is 0.301 e. The normalized spacial score (nSPS) is 20.4. The quantitative estimate of drug-likeness (QED) is 0.765. The highest BCUT2D eigenvalue weighted by molar-refractivity contribution is 7.74. The number of pyridine rings is 1. The van der Waals surface area contributed by atoms with Gasteiger partial charge in [0.05, 0.1) is 6.61 Å². The van der Waals surface area contributed by atoms with E-state index in [0.717, 1.165) is 18.4 Å². The fraction of sp³-hybridized carbons (Fsp3) is 0.444. The summed E-state index contributed by atoms with van der Waals surface area (Å²) in [6.45, 7) is 0.293. The van der Waals surface area contributed by atoms with Crippen LogP contribution in [0.2, 0.25) is 0 Å². The van der Waals surface area contributed by atoms with Crippen LogP contribution in [0.1, 0.15) is 18.4 Å². The summed E-state index contributed by atoms with van der Waals surface area (Å²) in [6, 6.07) is 3.84. The monoisotopic (exact) mass is 213 g/mol. The summed E-state index contributed by atoms with van der Waals surface area (Å²) in [4.78, 5) is 4.02. The maximum Gasteiger partial charge on any atom is 0.301 e. The summed E-state index contributed by atoms with van der Waals surface area (Å²) in [6.07, 6.45) is 5.49. The summed E-state index contributed by atoms with van der Waals surface area (Å²) in [7, 11) is 0. The van der Waals surface area contributed by atoms with Crippen molar-refractivity contribution in [2.45, 2.75) is 18.3 Å². The van der Waals surface area contributed by atoms with Crippen molar-refractivity contribution in [1.82, 2.24) is 4.98 Å². The molecule has 1 unspecified atom stereocenters. The van der Waals surface area contributed by atoms with Crippen molar-refractivity contribution < 1.29 is 12.9 Å². The van der Waals surface area contributed by atoms with E-state index in [2.05, 4.69) is 4.98 Å². The Hall–Kier alpha value is -0.780. The van der Waals surface area contributed by atoms with Crippen molar-refractivity contribution in [2.24, 2.45) is 0 Å². The first-order valence-corrected chi connectivity index (χ1v) is 5.41. The van der Waals surface area contributed by atoms with Crippen molar-refractivity contribution in [2.75, 3.05) is 6.61 Å². The lowest BCUT2D eigenvalue weighted by Crippen LogP contribution is -2.16. The SMILES string of the molecule is O=S(O)OCC1(c2cccnc2)CC1. The first-order valence-electron chi connectivity index (χ1n) is 4.38. The second-order valence-electron chi connectivity index (χ2n) is 3.50. The first kappa shape index (κ1) is 9.76. The van der Waals surface area contributed by atoms with Crippen LogP contribution in [0.4, 0.5) is 0 Å². The molecule has 1 aliphatic rings. The zero-order chi connectivity index (χ0) is 10.0. The molecule has 0 radical (unpaired) electrons. The topological polar surface area (TPSA) is 59.4 Å². The smallest absolute Gasteiger partial charge is 0.284 e. The molecular formula is C9H11NO3S. The Morgan fingerprint density at radius 2 is 2.43 bits per heavy atom. The lowest BCUT2D eigenvalue weighted by molar-refractivity contribution is 0.273. The van der Waals surface area contributed by atoms with E-state index in [0.29, 0.717) is 6.61 Å². The van der Waals surface area contributed by atoms with Gasteiger partial charge < -0.3 is 0 Å². The predicted octanol–water partition coefficient (Wildman–Crippen LogP) is 1.27. The van der Waals surface area contributed by atoms with Gasteiger partial charge in [0.2, 0.25) is 0 Å². The molecule has 4 nitrogen and oxygen atoms in total. The Bertz CT molecular complexity index is 337. The number of rotatable bonds is 4. The molecule has 0 aliphatic heterocycles. The van der Waals surface area contributed by atoms with Crippen molar-refractivity contribution in [1.29, 1.82) is 0 Å². The second kappa shape index (κ2) is 3.76. The zero-order valence-corrected chi connectivity index (χ0v) is 8.37. The molecule has 1 atom stereocenters. The molecule has 0 amide bonds. The third-order valence-electron chi connectivity index (χ3n) is 2.56. The fourth-order valence-corrected chi connectivity index (χ4v) is 1.83. The Balaban J connectivity index is 2.06. The highest BCUT2D eigenvalue weighted by Crippen LogP contribution is 2.48. The maximum atomic E-state index is 10.4. The Kier molecular flexibility index (Phi) is 2.62. The summed E-state index contributed by atoms with van der Waals surface area (Å²) in [5.74, 6) is 0. The van der Waals surface area contributed by atoms with Gasteiger partial charge in [0.15, 0.2) is 0 Å². The van der Waals surface area contributed by atoms with E-state index < -0.39 is 11.4 Å². The summed E-state index contributed by atoms with van der Waals surface area (Å²) in [5.41, 5.74) is 1.03. The van der Waals surface area contributed by atoms with Gasteiger partial charge in [-0.3, -0.25) is 13.7 Å². The minimum absolute atomic E-state index is 0.0628. The molecule has 76 valence electrons. The maximum absolute atomic E-state index is 10.4. The minimum Gasteiger partial charge on any atom is -0.284 e. The van der Waals surface area contributed by atoms with Gasteiger partial charge in [-0.1, -0.05) is 6.07 Å². The molecule has 0 saturated heterocycles. The summed E-state index contributed by atoms with van der Waals surface area (Å²) in [5, 5.41) is 0. The minimum atomic E-state index is -2.17. The van der Waals surface area contributed by atoms with E-state index >= 15 is 0 Å². The Morgan fingerprint density at radius 1 is 1.64 bits per heavy atom. The van der Waals surface area contributed by atoms with Crippen LogP contribution in [0.15, 0.2) is 24.5 Å². The van der Waals surface area contributed by atoms with E-state index in [9.17, 15) is 4.21 Å². The van der Waals surface area contributed by atoms with Crippen LogP contribution >= 0.6 is 0 Å². The van der Waals surface area contributed by atoms with Crippen LogP contribution in [-0.2, 0) is 21.0 Å². The number of aromatic nitrogens is 1. The van der Waals surface area contributed by atoms with Gasteiger partial charge in [-0.15, -0.1) is 0 Å². The summed E-state index contributed by atoms with van der Waals surface area (Å²) < 4.78 is 23.6.